The summed E-state index contributed by atoms with van der Waals surface area (Å²) in [6.45, 7) is -0.364. The van der Waals surface area contributed by atoms with E-state index in [0.717, 1.165) is 14.1 Å². The van der Waals surface area contributed by atoms with Gasteiger partial charge in [0.25, 0.3) is 0 Å². The van der Waals surface area contributed by atoms with Crippen LogP contribution in [0.5, 0.6) is 0 Å². The Morgan fingerprint density at radius 2 is 1.70 bits per heavy atom. The molecule has 0 unspecified atom stereocenters. The van der Waals surface area contributed by atoms with Crippen molar-refractivity contribution < 1.29 is 17.6 Å². The molecule has 122 valence electrons. The Morgan fingerprint density at radius 3 is 2.22 bits per heavy atom. The Hall–Kier alpha value is -1.68. The molecule has 0 heterocycles. The van der Waals surface area contributed by atoms with Crippen molar-refractivity contribution in [1.29, 1.82) is 0 Å². The van der Waals surface area contributed by atoms with Crippen LogP contribution < -0.4 is 9.62 Å². The first-order chi connectivity index (χ1) is 10.8. The number of hydrogen-bond acceptors (Lipinski definition) is 3. The van der Waals surface area contributed by atoms with Crippen LogP contribution in [0.4, 0.5) is 15.8 Å². The van der Waals surface area contributed by atoms with Crippen LogP contribution in [0.1, 0.15) is 0 Å². The quantitative estimate of drug-likeness (QED) is 0.716. The van der Waals surface area contributed by atoms with Crippen molar-refractivity contribution in [2.45, 2.75) is 0 Å². The van der Waals surface area contributed by atoms with Gasteiger partial charge in [0, 0.05) is 9.26 Å². The lowest BCUT2D eigenvalue weighted by atomic mass is 10.3. The molecule has 1 N–H and O–H groups in total. The van der Waals surface area contributed by atoms with E-state index in [0.29, 0.717) is 11.4 Å². The van der Waals surface area contributed by atoms with Gasteiger partial charge in [-0.2, -0.15) is 0 Å². The molecule has 23 heavy (non-hydrogen) atoms. The molecule has 0 aliphatic heterocycles. The number of halogens is 2. The maximum atomic E-state index is 12.8. The number of rotatable bonds is 5. The molecule has 0 saturated carbocycles. The summed E-state index contributed by atoms with van der Waals surface area (Å²) in [5, 5.41) is 2.54. The Morgan fingerprint density at radius 1 is 1.13 bits per heavy atom. The number of carbonyl (C=O) groups excluding carboxylic acids is 1. The topological polar surface area (TPSA) is 66.5 Å². The van der Waals surface area contributed by atoms with E-state index in [1.54, 1.807) is 24.3 Å². The first-order valence-corrected chi connectivity index (χ1v) is 9.47. The molecule has 2 aromatic rings. The summed E-state index contributed by atoms with van der Waals surface area (Å²) in [5.74, 6) is -0.930. The highest BCUT2D eigenvalue weighted by Gasteiger charge is 2.20. The highest BCUT2D eigenvalue weighted by molar-refractivity contribution is 14.1. The summed E-state index contributed by atoms with van der Waals surface area (Å²) < 4.78 is 38.7. The van der Waals surface area contributed by atoms with E-state index < -0.39 is 21.7 Å². The van der Waals surface area contributed by atoms with Gasteiger partial charge in [0.2, 0.25) is 15.9 Å². The predicted molar refractivity (Wildman–Crippen MR) is 96.4 cm³/mol. The first-order valence-electron chi connectivity index (χ1n) is 6.54. The van der Waals surface area contributed by atoms with Gasteiger partial charge in [0.15, 0.2) is 0 Å². The third-order valence-corrected chi connectivity index (χ3v) is 4.79. The third-order valence-electron chi connectivity index (χ3n) is 2.93. The maximum Gasteiger partial charge on any atom is 0.245 e. The van der Waals surface area contributed by atoms with E-state index in [4.69, 9.17) is 0 Å². The molecule has 8 heteroatoms. The fourth-order valence-corrected chi connectivity index (χ4v) is 3.09. The fraction of sp³-hybridized carbons (Fsp3) is 0.133. The number of carbonyl (C=O) groups is 1. The largest absolute Gasteiger partial charge is 0.325 e. The van der Waals surface area contributed by atoms with E-state index in [1.807, 2.05) is 0 Å². The molecule has 2 aromatic carbocycles. The van der Waals surface area contributed by atoms with Crippen LogP contribution in [0.2, 0.25) is 0 Å². The van der Waals surface area contributed by atoms with Gasteiger partial charge in [-0.1, -0.05) is 0 Å². The van der Waals surface area contributed by atoms with Crippen LogP contribution in [-0.2, 0) is 14.8 Å². The van der Waals surface area contributed by atoms with Crippen molar-refractivity contribution in [1.82, 2.24) is 0 Å². The van der Waals surface area contributed by atoms with Gasteiger partial charge in [0.1, 0.15) is 12.4 Å². The lowest BCUT2D eigenvalue weighted by molar-refractivity contribution is -0.114. The monoisotopic (exact) mass is 448 g/mol. The van der Waals surface area contributed by atoms with Crippen molar-refractivity contribution in [2.75, 3.05) is 22.4 Å². The zero-order valence-corrected chi connectivity index (χ0v) is 15.1. The summed E-state index contributed by atoms with van der Waals surface area (Å²) in [7, 11) is -3.61. The van der Waals surface area contributed by atoms with E-state index in [2.05, 4.69) is 27.9 Å². The zero-order valence-electron chi connectivity index (χ0n) is 12.2. The number of sulfonamides is 1. The molecule has 1 amide bonds. The van der Waals surface area contributed by atoms with Crippen LogP contribution in [0, 0.1) is 9.39 Å². The molecule has 0 spiro atoms. The number of hydrogen-bond donors (Lipinski definition) is 1. The van der Waals surface area contributed by atoms with E-state index >= 15 is 0 Å². The Kier molecular flexibility index (Phi) is 5.58. The molecule has 5 nitrogen and oxygen atoms in total. The Bertz CT molecular complexity index is 792. The maximum absolute atomic E-state index is 12.8. The second-order valence-corrected chi connectivity index (χ2v) is 7.95. The number of anilines is 2. The normalized spacial score (nSPS) is 11.1. The number of nitrogens with one attached hydrogen (secondary N) is 1. The smallest absolute Gasteiger partial charge is 0.245 e. The van der Waals surface area contributed by atoms with E-state index in [9.17, 15) is 17.6 Å². The molecule has 0 aliphatic rings. The van der Waals surface area contributed by atoms with Crippen molar-refractivity contribution in [3.05, 3.63) is 57.9 Å². The average molecular weight is 448 g/mol. The molecular formula is C15H14FIN2O3S. The third kappa shape index (κ3) is 5.17. The second-order valence-electron chi connectivity index (χ2n) is 4.80. The SMILES string of the molecule is CS(=O)(=O)N(CC(=O)Nc1ccc(F)cc1)c1ccc(I)cc1. The average Bonchev–Trinajstić information content (AvgIpc) is 2.47. The molecule has 2 rings (SSSR count). The Labute approximate surface area is 147 Å². The minimum Gasteiger partial charge on any atom is -0.325 e. The van der Waals surface area contributed by atoms with Gasteiger partial charge < -0.3 is 5.32 Å². The van der Waals surface area contributed by atoms with Crippen molar-refractivity contribution in [2.24, 2.45) is 0 Å². The highest BCUT2D eigenvalue weighted by atomic mass is 127. The van der Waals surface area contributed by atoms with Crippen LogP contribution in [0.25, 0.3) is 0 Å². The van der Waals surface area contributed by atoms with Gasteiger partial charge >= 0.3 is 0 Å². The molecule has 0 bridgehead atoms. The molecule has 0 aromatic heterocycles. The zero-order chi connectivity index (χ0) is 17.0. The number of nitrogens with zero attached hydrogens (tertiary/aromatic N) is 1. The van der Waals surface area contributed by atoms with Crippen LogP contribution in [0.3, 0.4) is 0 Å². The van der Waals surface area contributed by atoms with Crippen molar-refractivity contribution in [3.63, 3.8) is 0 Å². The molecule has 0 fully saturated rings. The number of amides is 1. The standard InChI is InChI=1S/C15H14FIN2O3S/c1-23(21,22)19(14-8-4-12(17)5-9-14)10-15(20)18-13-6-2-11(16)3-7-13/h2-9H,10H2,1H3,(H,18,20). The van der Waals surface area contributed by atoms with Crippen molar-refractivity contribution in [3.8, 4) is 0 Å². The lowest BCUT2D eigenvalue weighted by Gasteiger charge is -2.22. The first kappa shape index (κ1) is 17.7. The predicted octanol–water partition coefficient (Wildman–Crippen LogP) is 2.84. The summed E-state index contributed by atoms with van der Waals surface area (Å²) in [6.07, 6.45) is 1.04. The lowest BCUT2D eigenvalue weighted by Crippen LogP contribution is -2.37. The summed E-state index contributed by atoms with van der Waals surface area (Å²) in [6, 6.07) is 12.0. The molecular weight excluding hydrogens is 434 g/mol. The van der Waals surface area contributed by atoms with Gasteiger partial charge in [-0.25, -0.2) is 12.8 Å². The minimum absolute atomic E-state index is 0.364. The Balaban J connectivity index is 2.16. The minimum atomic E-state index is -3.61. The van der Waals surface area contributed by atoms with Gasteiger partial charge in [-0.15, -0.1) is 0 Å². The fourth-order valence-electron chi connectivity index (χ4n) is 1.87. The highest BCUT2D eigenvalue weighted by Crippen LogP contribution is 2.19. The van der Waals surface area contributed by atoms with Crippen molar-refractivity contribution >= 4 is 49.9 Å². The molecule has 0 aliphatic carbocycles. The number of benzene rings is 2. The van der Waals surface area contributed by atoms with E-state index in [1.165, 1.54) is 24.3 Å². The summed E-state index contributed by atoms with van der Waals surface area (Å²) in [4.78, 5) is 12.1. The van der Waals surface area contributed by atoms with Gasteiger partial charge in [-0.05, 0) is 71.1 Å². The summed E-state index contributed by atoms with van der Waals surface area (Å²) in [5.41, 5.74) is 0.801. The van der Waals surface area contributed by atoms with Crippen LogP contribution in [-0.4, -0.2) is 27.1 Å². The molecule has 0 saturated heterocycles. The second kappa shape index (κ2) is 7.26. The van der Waals surface area contributed by atoms with Crippen LogP contribution >= 0.6 is 22.6 Å². The summed E-state index contributed by atoms with van der Waals surface area (Å²) >= 11 is 2.11. The molecule has 0 atom stereocenters. The van der Waals surface area contributed by atoms with Crippen LogP contribution in [0.15, 0.2) is 48.5 Å². The van der Waals surface area contributed by atoms with Gasteiger partial charge in [-0.3, -0.25) is 9.10 Å². The molecule has 0 radical (unpaired) electrons. The van der Waals surface area contributed by atoms with Gasteiger partial charge in [0.05, 0.1) is 11.9 Å². The van der Waals surface area contributed by atoms with E-state index in [-0.39, 0.29) is 6.54 Å².